The van der Waals surface area contributed by atoms with Gasteiger partial charge in [0.15, 0.2) is 11.4 Å². The molecule has 2 aromatic rings. The Hall–Kier alpha value is -2.92. The van der Waals surface area contributed by atoms with Gasteiger partial charge in [0.25, 0.3) is 10.2 Å². The molecule has 1 N–H and O–H groups in total. The van der Waals surface area contributed by atoms with Crippen LogP contribution in [-0.4, -0.2) is 63.7 Å². The molecule has 1 amide bonds. The molecule has 0 radical (unpaired) electrons. The number of benzene rings is 1. The van der Waals surface area contributed by atoms with Gasteiger partial charge >= 0.3 is 12.1 Å². The zero-order chi connectivity index (χ0) is 25.5. The molecule has 1 aromatic heterocycles. The Balaban J connectivity index is 1.81. The van der Waals surface area contributed by atoms with E-state index in [4.69, 9.17) is 14.2 Å². The normalized spacial score (nSPS) is 21.7. The van der Waals surface area contributed by atoms with Crippen LogP contribution in [0.25, 0.3) is 11.3 Å². The van der Waals surface area contributed by atoms with Crippen molar-refractivity contribution in [2.24, 2.45) is 0 Å². The molecule has 1 fully saturated rings. The van der Waals surface area contributed by atoms with E-state index in [-0.39, 0.29) is 29.0 Å². The van der Waals surface area contributed by atoms with Crippen LogP contribution in [-0.2, 0) is 29.6 Å². The van der Waals surface area contributed by atoms with E-state index in [1.165, 1.54) is 7.11 Å². The second-order valence-corrected chi connectivity index (χ2v) is 11.7. The highest BCUT2D eigenvalue weighted by molar-refractivity contribution is 7.97. The van der Waals surface area contributed by atoms with E-state index in [0.29, 0.717) is 35.7 Å². The van der Waals surface area contributed by atoms with Crippen LogP contribution in [0, 0.1) is 0 Å². The fourth-order valence-corrected chi connectivity index (χ4v) is 6.16. The van der Waals surface area contributed by atoms with Crippen LogP contribution in [0.1, 0.15) is 62.6 Å². The number of esters is 1. The number of fused-ring (bicyclic) bond motifs is 3. The van der Waals surface area contributed by atoms with Crippen molar-refractivity contribution < 1.29 is 32.6 Å². The van der Waals surface area contributed by atoms with E-state index >= 15 is 0 Å². The average Bonchev–Trinajstić information content (AvgIpc) is 3.16. The first-order valence-electron chi connectivity index (χ1n) is 11.6. The van der Waals surface area contributed by atoms with Crippen LogP contribution in [0.5, 0.6) is 5.75 Å². The summed E-state index contributed by atoms with van der Waals surface area (Å²) in [7, 11) is -2.00. The summed E-state index contributed by atoms with van der Waals surface area (Å²) in [4.78, 5) is 27.4. The van der Waals surface area contributed by atoms with Gasteiger partial charge in [-0.3, -0.25) is 4.68 Å². The molecule has 2 aliphatic rings. The summed E-state index contributed by atoms with van der Waals surface area (Å²) in [6.45, 7) is 8.19. The lowest BCUT2D eigenvalue weighted by atomic mass is 10.0. The molecule has 2 aliphatic heterocycles. The number of carbonyl (C=O) groups excluding carboxylic acids is 2. The number of amides is 1. The highest BCUT2D eigenvalue weighted by atomic mass is 32.3. The molecule has 0 spiro atoms. The van der Waals surface area contributed by atoms with Gasteiger partial charge < -0.3 is 19.1 Å². The molecule has 0 bridgehead atoms. The van der Waals surface area contributed by atoms with E-state index in [0.717, 1.165) is 12.8 Å². The van der Waals surface area contributed by atoms with Crippen LogP contribution in [0.3, 0.4) is 0 Å². The number of ether oxygens (including phenoxy) is 3. The number of rotatable bonds is 4. The zero-order valence-corrected chi connectivity index (χ0v) is 21.5. The smallest absolute Gasteiger partial charge is 0.410 e. The van der Waals surface area contributed by atoms with E-state index in [9.17, 15) is 18.4 Å². The van der Waals surface area contributed by atoms with E-state index < -0.39 is 27.9 Å². The third-order valence-electron chi connectivity index (χ3n) is 6.00. The number of methoxy groups -OCH3 is 1. The predicted octanol–water partition coefficient (Wildman–Crippen LogP) is 4.15. The van der Waals surface area contributed by atoms with Crippen LogP contribution in [0.15, 0.2) is 23.1 Å². The fourth-order valence-electron chi connectivity index (χ4n) is 4.53. The number of aromatic nitrogens is 2. The molecule has 2 atom stereocenters. The van der Waals surface area contributed by atoms with Gasteiger partial charge in [0.05, 0.1) is 36.6 Å². The Labute approximate surface area is 205 Å². The van der Waals surface area contributed by atoms with Crippen LogP contribution in [0.4, 0.5) is 4.79 Å². The van der Waals surface area contributed by atoms with Gasteiger partial charge in [-0.2, -0.15) is 9.65 Å². The standard InChI is InChI=1S/C24H31N3O7S/c1-6-33-22(28)20-18-14-35(30,31)19-12-16(32-5)9-10-17(19)21(18)27(25-20)15-8-7-11-26(13-15)23(29)34-24(2,3)4/h9-10,12,15H,6-8,11,13-14H2,1-5H3/p+1. The molecule has 190 valence electrons. The maximum Gasteiger partial charge on any atom is 0.410 e. The molecule has 35 heavy (non-hydrogen) atoms. The number of likely N-dealkylation sites (tertiary alicyclic amines) is 1. The topological polar surface area (TPSA) is 120 Å². The van der Waals surface area contributed by atoms with E-state index in [1.807, 2.05) is 20.8 Å². The minimum atomic E-state index is -3.50. The number of piperidine rings is 1. The third-order valence-corrected chi connectivity index (χ3v) is 7.70. The summed E-state index contributed by atoms with van der Waals surface area (Å²) in [5.74, 6) is -0.451. The van der Waals surface area contributed by atoms with Gasteiger partial charge in [-0.05, 0) is 52.7 Å². The monoisotopic (exact) mass is 506 g/mol. The summed E-state index contributed by atoms with van der Waals surface area (Å²) < 4.78 is 41.9. The van der Waals surface area contributed by atoms with Crippen molar-refractivity contribution in [3.63, 3.8) is 0 Å². The van der Waals surface area contributed by atoms with Gasteiger partial charge in [0, 0.05) is 19.2 Å². The molecule has 1 aromatic carbocycles. The number of hydrogen-bond donors (Lipinski definition) is 1. The molecule has 4 rings (SSSR count). The predicted molar refractivity (Wildman–Crippen MR) is 129 cm³/mol. The van der Waals surface area contributed by atoms with Crippen LogP contribution < -0.4 is 4.74 Å². The lowest BCUT2D eigenvalue weighted by Crippen LogP contribution is -2.43. The van der Waals surface area contributed by atoms with Gasteiger partial charge in [-0.15, -0.1) is 0 Å². The highest BCUT2D eigenvalue weighted by Gasteiger charge is 2.45. The average molecular weight is 507 g/mol. The second kappa shape index (κ2) is 9.27. The van der Waals surface area contributed by atoms with Crippen LogP contribution in [0.2, 0.25) is 0 Å². The third kappa shape index (κ3) is 4.92. The van der Waals surface area contributed by atoms with Gasteiger partial charge in [-0.25, -0.2) is 9.59 Å². The number of hydrogen-bond acceptors (Lipinski definition) is 7. The Morgan fingerprint density at radius 1 is 1.29 bits per heavy atom. The molecular weight excluding hydrogens is 474 g/mol. The SMILES string of the molecule is CCOC(=O)c1nn(C2CCCN(C(=O)OC(C)(C)C)C2)c2c1C[S+](=O)(O)c1cc(OC)ccc1-2. The van der Waals surface area contributed by atoms with Gasteiger partial charge in [-0.1, -0.05) is 4.21 Å². The second-order valence-electron chi connectivity index (χ2n) is 9.71. The molecule has 0 aliphatic carbocycles. The summed E-state index contributed by atoms with van der Waals surface area (Å²) in [5.41, 5.74) is 0.889. The molecular formula is C24H32N3O7S+. The molecule has 0 saturated carbocycles. The summed E-state index contributed by atoms with van der Waals surface area (Å²) in [5, 5.41) is 4.60. The molecule has 1 saturated heterocycles. The van der Waals surface area contributed by atoms with Gasteiger partial charge in [0.2, 0.25) is 4.90 Å². The Morgan fingerprint density at radius 2 is 2.03 bits per heavy atom. The summed E-state index contributed by atoms with van der Waals surface area (Å²) in [6, 6.07) is 4.72. The number of carbonyl (C=O) groups is 2. The lowest BCUT2D eigenvalue weighted by molar-refractivity contribution is 0.0166. The zero-order valence-electron chi connectivity index (χ0n) is 20.7. The Kier molecular flexibility index (Phi) is 6.67. The molecule has 3 heterocycles. The summed E-state index contributed by atoms with van der Waals surface area (Å²) >= 11 is 0. The van der Waals surface area contributed by atoms with Crippen molar-refractivity contribution in [1.82, 2.24) is 14.7 Å². The minimum Gasteiger partial charge on any atom is -0.497 e. The highest BCUT2D eigenvalue weighted by Crippen LogP contribution is 2.45. The van der Waals surface area contributed by atoms with Crippen molar-refractivity contribution >= 4 is 22.3 Å². The first-order valence-corrected chi connectivity index (χ1v) is 13.3. The Morgan fingerprint density at radius 3 is 2.69 bits per heavy atom. The first kappa shape index (κ1) is 25.2. The quantitative estimate of drug-likeness (QED) is 0.485. The molecule has 10 nitrogen and oxygen atoms in total. The van der Waals surface area contributed by atoms with Crippen molar-refractivity contribution in [2.75, 3.05) is 26.8 Å². The van der Waals surface area contributed by atoms with Crippen molar-refractivity contribution in [3.05, 3.63) is 29.5 Å². The largest absolute Gasteiger partial charge is 0.497 e. The van der Waals surface area contributed by atoms with Crippen molar-refractivity contribution in [1.29, 1.82) is 0 Å². The maximum atomic E-state index is 13.3. The minimum absolute atomic E-state index is 0.0273. The maximum absolute atomic E-state index is 13.3. The Bertz CT molecular complexity index is 1200. The number of nitrogens with zero attached hydrogens (tertiary/aromatic N) is 3. The summed E-state index contributed by atoms with van der Waals surface area (Å²) in [6.07, 6.45) is 1.03. The molecule has 11 heteroatoms. The van der Waals surface area contributed by atoms with E-state index in [1.54, 1.807) is 34.7 Å². The fraction of sp³-hybridized carbons (Fsp3) is 0.542. The van der Waals surface area contributed by atoms with Crippen molar-refractivity contribution in [3.8, 4) is 17.0 Å². The van der Waals surface area contributed by atoms with Crippen LogP contribution >= 0.6 is 0 Å². The molecule has 2 unspecified atom stereocenters. The lowest BCUT2D eigenvalue weighted by Gasteiger charge is -2.35. The van der Waals surface area contributed by atoms with E-state index in [2.05, 4.69) is 5.10 Å². The van der Waals surface area contributed by atoms with Crippen molar-refractivity contribution in [2.45, 2.75) is 62.8 Å². The van der Waals surface area contributed by atoms with Gasteiger partial charge in [0.1, 0.15) is 11.4 Å². The first-order chi connectivity index (χ1) is 16.4.